The molecule has 1 aromatic heterocycles. The van der Waals surface area contributed by atoms with E-state index < -0.39 is 0 Å². The zero-order valence-electron chi connectivity index (χ0n) is 16.2. The number of methoxy groups -OCH3 is 1. The molecule has 144 valence electrons. The van der Waals surface area contributed by atoms with Crippen molar-refractivity contribution in [1.82, 2.24) is 0 Å². The van der Waals surface area contributed by atoms with Crippen LogP contribution in [0, 0.1) is 3.82 Å². The maximum Gasteiger partial charge on any atom is 0.118 e. The second-order valence-corrected chi connectivity index (χ2v) is 9.74. The molecule has 1 aromatic carbocycles. The van der Waals surface area contributed by atoms with E-state index in [1.807, 2.05) is 22.5 Å². The Morgan fingerprint density at radius 2 is 1.38 bits per heavy atom. The summed E-state index contributed by atoms with van der Waals surface area (Å²) in [4.78, 5) is 1.36. The van der Waals surface area contributed by atoms with Gasteiger partial charge in [0.15, 0.2) is 0 Å². The molecule has 4 heteroatoms. The van der Waals surface area contributed by atoms with E-state index in [0.29, 0.717) is 0 Å². The fourth-order valence-electron chi connectivity index (χ4n) is 3.24. The molecule has 0 saturated heterocycles. The van der Waals surface area contributed by atoms with E-state index in [4.69, 9.17) is 17.0 Å². The summed E-state index contributed by atoms with van der Waals surface area (Å²) < 4.78 is 6.35. The fraction of sp³-hybridized carbons (Fsp3) is 0.591. The highest BCUT2D eigenvalue weighted by molar-refractivity contribution is 7.80. The van der Waals surface area contributed by atoms with Crippen molar-refractivity contribution in [1.29, 1.82) is 0 Å². The average molecular weight is 409 g/mol. The molecule has 0 fully saturated rings. The molecule has 2 aromatic rings. The van der Waals surface area contributed by atoms with E-state index in [-0.39, 0.29) is 0 Å². The maximum absolute atomic E-state index is 5.60. The zero-order valence-corrected chi connectivity index (χ0v) is 18.7. The molecule has 0 bridgehead atoms. The lowest BCUT2D eigenvalue weighted by Gasteiger charge is -2.06. The molecule has 2 rings (SSSR count). The van der Waals surface area contributed by atoms with Crippen molar-refractivity contribution >= 4 is 32.9 Å². The first-order valence-corrected chi connectivity index (χ1v) is 12.6. The Labute approximate surface area is 171 Å². The molecule has 0 spiro atoms. The average Bonchev–Trinajstić information content (AvgIpc) is 3.04. The monoisotopic (exact) mass is 408 g/mol. The highest BCUT2D eigenvalue weighted by Crippen LogP contribution is 2.36. The number of benzene rings is 1. The van der Waals surface area contributed by atoms with Crippen molar-refractivity contribution in [3.05, 3.63) is 33.7 Å². The van der Waals surface area contributed by atoms with Gasteiger partial charge in [-0.25, -0.2) is 0 Å². The van der Waals surface area contributed by atoms with Crippen molar-refractivity contribution in [3.63, 3.8) is 0 Å². The smallest absolute Gasteiger partial charge is 0.118 e. The second kappa shape index (κ2) is 12.6. The molecule has 0 radical (unpaired) electrons. The van der Waals surface area contributed by atoms with Crippen molar-refractivity contribution in [3.8, 4) is 16.2 Å². The minimum absolute atomic E-state index is 0.906. The first-order chi connectivity index (χ1) is 12.8. The van der Waals surface area contributed by atoms with Gasteiger partial charge in [-0.2, -0.15) is 0 Å². The van der Waals surface area contributed by atoms with Crippen LogP contribution in [0.5, 0.6) is 5.75 Å². The van der Waals surface area contributed by atoms with Gasteiger partial charge in [-0.05, 0) is 48.2 Å². The van der Waals surface area contributed by atoms with Gasteiger partial charge in [0.2, 0.25) is 0 Å². The lowest BCUT2D eigenvalue weighted by atomic mass is 10.0. The Morgan fingerprint density at radius 1 is 0.808 bits per heavy atom. The van der Waals surface area contributed by atoms with Crippen LogP contribution < -0.4 is 4.74 Å². The molecule has 0 amide bonds. The van der Waals surface area contributed by atoms with Gasteiger partial charge >= 0.3 is 0 Å². The van der Waals surface area contributed by atoms with Crippen LogP contribution >= 0.6 is 32.9 Å². The van der Waals surface area contributed by atoms with Crippen molar-refractivity contribution in [2.75, 3.05) is 7.11 Å². The normalized spacial score (nSPS) is 11.0. The lowest BCUT2D eigenvalue weighted by molar-refractivity contribution is 0.415. The summed E-state index contributed by atoms with van der Waals surface area (Å²) in [7, 11) is 5.27. The van der Waals surface area contributed by atoms with Gasteiger partial charge in [0.1, 0.15) is 9.57 Å². The Bertz CT molecular complexity index is 669. The summed E-state index contributed by atoms with van der Waals surface area (Å²) in [5.41, 5.74) is 2.66. The first-order valence-electron chi connectivity index (χ1n) is 10.0. The molecule has 0 aliphatic carbocycles. The third kappa shape index (κ3) is 7.13. The van der Waals surface area contributed by atoms with Crippen LogP contribution in [0.3, 0.4) is 0 Å². The molecule has 1 nitrogen and oxygen atoms in total. The fourth-order valence-corrected chi connectivity index (χ4v) is 6.25. The summed E-state index contributed by atoms with van der Waals surface area (Å²) in [5.74, 6) is 0.906. The predicted octanol–water partition coefficient (Wildman–Crippen LogP) is 8.68. The maximum atomic E-state index is 5.60. The summed E-state index contributed by atoms with van der Waals surface area (Å²) in [6, 6.07) is 8.36. The van der Waals surface area contributed by atoms with Crippen LogP contribution in [0.4, 0.5) is 0 Å². The number of rotatable bonds is 13. The van der Waals surface area contributed by atoms with Gasteiger partial charge in [-0.15, -0.1) is 0 Å². The molecule has 0 saturated carbocycles. The number of unbranched alkanes of at least 4 members (excludes halogenated alkanes) is 9. The largest absolute Gasteiger partial charge is 0.497 e. The van der Waals surface area contributed by atoms with E-state index >= 15 is 0 Å². The molecule has 0 N–H and O–H groups in total. The molecule has 0 unspecified atom stereocenters. The van der Waals surface area contributed by atoms with Crippen LogP contribution in [0.25, 0.3) is 10.4 Å². The van der Waals surface area contributed by atoms with E-state index in [1.165, 1.54) is 80.2 Å². The number of ether oxygens (including phenoxy) is 1. The minimum atomic E-state index is 0.906. The van der Waals surface area contributed by atoms with Crippen molar-refractivity contribution in [2.24, 2.45) is 0 Å². The van der Waals surface area contributed by atoms with Gasteiger partial charge in [0.25, 0.3) is 0 Å². The van der Waals surface area contributed by atoms with Gasteiger partial charge in [0.05, 0.1) is 12.0 Å². The topological polar surface area (TPSA) is 9.23 Å². The van der Waals surface area contributed by atoms with Crippen molar-refractivity contribution in [2.45, 2.75) is 77.6 Å². The van der Waals surface area contributed by atoms with Crippen LogP contribution in [0.15, 0.2) is 24.3 Å². The molecule has 0 aliphatic rings. The molecular formula is C22H32OS3. The summed E-state index contributed by atoms with van der Waals surface area (Å²) in [6.07, 6.45) is 14.9. The standard InChI is InChI=1S/C22H32OS3/c1-3-4-5-6-7-8-9-10-11-12-13-20-21(25-26-22(20)24)18-14-16-19(23-2)17-15-18/h14-17H,3-13H2,1-2H3. The van der Waals surface area contributed by atoms with E-state index in [9.17, 15) is 0 Å². The highest BCUT2D eigenvalue weighted by atomic mass is 32.9. The molecule has 0 atom stereocenters. The van der Waals surface area contributed by atoms with E-state index in [1.54, 1.807) is 17.5 Å². The van der Waals surface area contributed by atoms with Crippen molar-refractivity contribution < 1.29 is 4.74 Å². The van der Waals surface area contributed by atoms with Gasteiger partial charge < -0.3 is 4.74 Å². The summed E-state index contributed by atoms with van der Waals surface area (Å²) >= 11 is 5.60. The Balaban J connectivity index is 1.73. The lowest BCUT2D eigenvalue weighted by Crippen LogP contribution is -1.89. The molecular weight excluding hydrogens is 376 g/mol. The molecule has 26 heavy (non-hydrogen) atoms. The Morgan fingerprint density at radius 3 is 1.96 bits per heavy atom. The van der Waals surface area contributed by atoms with Gasteiger partial charge in [0, 0.05) is 0 Å². The summed E-state index contributed by atoms with van der Waals surface area (Å²) in [6.45, 7) is 2.28. The van der Waals surface area contributed by atoms with Gasteiger partial charge in [-0.1, -0.05) is 97.6 Å². The number of hydrogen-bond donors (Lipinski definition) is 0. The third-order valence-electron chi connectivity index (χ3n) is 4.85. The van der Waals surface area contributed by atoms with Crippen LogP contribution in [0.2, 0.25) is 0 Å². The molecule has 0 aliphatic heterocycles. The molecule has 1 heterocycles. The zero-order chi connectivity index (χ0) is 18.6. The Kier molecular flexibility index (Phi) is 10.5. The van der Waals surface area contributed by atoms with Crippen LogP contribution in [-0.4, -0.2) is 7.11 Å². The third-order valence-corrected chi connectivity index (χ3v) is 8.05. The SMILES string of the molecule is CCCCCCCCCCCCc1c(-c2ccc(OC)cc2)ssc1=S. The van der Waals surface area contributed by atoms with E-state index in [0.717, 1.165) is 16.0 Å². The van der Waals surface area contributed by atoms with Crippen LogP contribution in [-0.2, 0) is 6.42 Å². The predicted molar refractivity (Wildman–Crippen MR) is 121 cm³/mol. The first kappa shape index (κ1) is 21.6. The van der Waals surface area contributed by atoms with Gasteiger partial charge in [-0.3, -0.25) is 0 Å². The quantitative estimate of drug-likeness (QED) is 0.186. The highest BCUT2D eigenvalue weighted by Gasteiger charge is 2.10. The second-order valence-electron chi connectivity index (χ2n) is 6.92. The van der Waals surface area contributed by atoms with Crippen LogP contribution in [0.1, 0.15) is 76.7 Å². The summed E-state index contributed by atoms with van der Waals surface area (Å²) in [5, 5.41) is 0. The van der Waals surface area contributed by atoms with E-state index in [2.05, 4.69) is 19.1 Å². The minimum Gasteiger partial charge on any atom is -0.497 e. The Hall–Kier alpha value is -0.710. The number of hydrogen-bond acceptors (Lipinski definition) is 4.